The maximum Gasteiger partial charge on any atom is 0.323 e. The lowest BCUT2D eigenvalue weighted by atomic mass is 10.3. The number of esters is 1. The molecular formula is C14H17ClN4O4. The van der Waals surface area contributed by atoms with Crippen molar-refractivity contribution in [3.05, 3.63) is 17.5 Å². The van der Waals surface area contributed by atoms with E-state index in [1.807, 2.05) is 0 Å². The Morgan fingerprint density at radius 3 is 2.83 bits per heavy atom. The smallest absolute Gasteiger partial charge is 0.323 e. The van der Waals surface area contributed by atoms with E-state index in [4.69, 9.17) is 21.4 Å². The normalized spacial score (nSPS) is 10.7. The summed E-state index contributed by atoms with van der Waals surface area (Å²) in [6, 6.07) is 1.68. The summed E-state index contributed by atoms with van der Waals surface area (Å²) in [4.78, 5) is 32.5. The largest absolute Gasteiger partial charge is 0.480 e. The summed E-state index contributed by atoms with van der Waals surface area (Å²) < 4.78 is 6.43. The Labute approximate surface area is 137 Å². The number of fused-ring (bicyclic) bond motifs is 1. The second-order valence-corrected chi connectivity index (χ2v) is 5.20. The number of hydrogen-bond donors (Lipinski definition) is 1. The Hall–Kier alpha value is -2.35. The number of carboxylic acid groups (broad SMARTS) is 1. The SMILES string of the molecule is CCOC(=O)CCN(C)c1nc(Cl)nc2ccn(CC(=O)O)c12. The molecule has 0 aliphatic carbocycles. The van der Waals surface area contributed by atoms with Crippen LogP contribution in [0.5, 0.6) is 0 Å². The minimum Gasteiger partial charge on any atom is -0.480 e. The number of aliphatic carboxylic acids is 1. The summed E-state index contributed by atoms with van der Waals surface area (Å²) in [5, 5.41) is 9.06. The highest BCUT2D eigenvalue weighted by atomic mass is 35.5. The van der Waals surface area contributed by atoms with Gasteiger partial charge in [0.2, 0.25) is 5.28 Å². The highest BCUT2D eigenvalue weighted by Gasteiger charge is 2.17. The van der Waals surface area contributed by atoms with E-state index in [1.54, 1.807) is 31.1 Å². The van der Waals surface area contributed by atoms with E-state index in [9.17, 15) is 9.59 Å². The number of carboxylic acids is 1. The molecule has 8 nitrogen and oxygen atoms in total. The van der Waals surface area contributed by atoms with Gasteiger partial charge in [-0.05, 0) is 24.6 Å². The first-order chi connectivity index (χ1) is 10.9. The Morgan fingerprint density at radius 2 is 2.17 bits per heavy atom. The fourth-order valence-electron chi connectivity index (χ4n) is 2.20. The van der Waals surface area contributed by atoms with E-state index in [0.29, 0.717) is 30.0 Å². The van der Waals surface area contributed by atoms with Crippen LogP contribution in [0.15, 0.2) is 12.3 Å². The van der Waals surface area contributed by atoms with Crippen molar-refractivity contribution in [3.8, 4) is 0 Å². The van der Waals surface area contributed by atoms with E-state index in [1.165, 1.54) is 4.57 Å². The molecule has 0 aliphatic heterocycles. The van der Waals surface area contributed by atoms with Gasteiger partial charge < -0.3 is 19.3 Å². The van der Waals surface area contributed by atoms with Crippen LogP contribution in [0, 0.1) is 0 Å². The predicted molar refractivity (Wildman–Crippen MR) is 84.7 cm³/mol. The number of rotatable bonds is 7. The summed E-state index contributed by atoms with van der Waals surface area (Å²) in [6.07, 6.45) is 1.81. The summed E-state index contributed by atoms with van der Waals surface area (Å²) in [5.74, 6) is -0.815. The molecule has 0 atom stereocenters. The zero-order valence-electron chi connectivity index (χ0n) is 12.8. The summed E-state index contributed by atoms with van der Waals surface area (Å²) in [5.41, 5.74) is 1.10. The van der Waals surface area contributed by atoms with Crippen molar-refractivity contribution in [2.75, 3.05) is 25.1 Å². The van der Waals surface area contributed by atoms with Gasteiger partial charge in [0.25, 0.3) is 0 Å². The molecule has 2 rings (SSSR count). The van der Waals surface area contributed by atoms with Crippen molar-refractivity contribution in [2.24, 2.45) is 0 Å². The average Bonchev–Trinajstić information content (AvgIpc) is 2.86. The Kier molecular flexibility index (Phi) is 5.38. The summed E-state index contributed by atoms with van der Waals surface area (Å²) in [6.45, 7) is 2.22. The Bertz CT molecular complexity index is 731. The second kappa shape index (κ2) is 7.28. The van der Waals surface area contributed by atoms with Crippen LogP contribution in [0.3, 0.4) is 0 Å². The molecule has 0 spiro atoms. The third-order valence-corrected chi connectivity index (χ3v) is 3.36. The number of carbonyl (C=O) groups is 2. The maximum absolute atomic E-state index is 11.5. The zero-order chi connectivity index (χ0) is 17.0. The average molecular weight is 341 g/mol. The fraction of sp³-hybridized carbons (Fsp3) is 0.429. The first kappa shape index (κ1) is 17.0. The number of aromatic nitrogens is 3. The van der Waals surface area contributed by atoms with Gasteiger partial charge in [-0.3, -0.25) is 9.59 Å². The number of ether oxygens (including phenoxy) is 1. The van der Waals surface area contributed by atoms with Crippen LogP contribution in [0.4, 0.5) is 5.82 Å². The van der Waals surface area contributed by atoms with E-state index < -0.39 is 5.97 Å². The van der Waals surface area contributed by atoms with Crippen molar-refractivity contribution < 1.29 is 19.4 Å². The van der Waals surface area contributed by atoms with Crippen LogP contribution in [0.2, 0.25) is 5.28 Å². The van der Waals surface area contributed by atoms with Gasteiger partial charge in [-0.1, -0.05) is 0 Å². The molecule has 2 aromatic heterocycles. The van der Waals surface area contributed by atoms with Crippen LogP contribution in [0.1, 0.15) is 13.3 Å². The molecule has 1 N–H and O–H groups in total. The van der Waals surface area contributed by atoms with Crippen LogP contribution in [-0.4, -0.2) is 51.8 Å². The van der Waals surface area contributed by atoms with Crippen molar-refractivity contribution in [1.82, 2.24) is 14.5 Å². The summed E-state index contributed by atoms with van der Waals surface area (Å²) >= 11 is 5.93. The van der Waals surface area contributed by atoms with Gasteiger partial charge in [0, 0.05) is 19.8 Å². The Morgan fingerprint density at radius 1 is 1.43 bits per heavy atom. The van der Waals surface area contributed by atoms with Gasteiger partial charge in [0.05, 0.1) is 18.5 Å². The number of anilines is 1. The number of carbonyl (C=O) groups excluding carboxylic acids is 1. The molecule has 2 aromatic rings. The molecule has 2 heterocycles. The van der Waals surface area contributed by atoms with E-state index in [-0.39, 0.29) is 24.2 Å². The van der Waals surface area contributed by atoms with Gasteiger partial charge in [-0.15, -0.1) is 0 Å². The third-order valence-electron chi connectivity index (χ3n) is 3.19. The lowest BCUT2D eigenvalue weighted by Gasteiger charge is -2.19. The number of nitrogens with zero attached hydrogens (tertiary/aromatic N) is 4. The highest BCUT2D eigenvalue weighted by molar-refractivity contribution is 6.28. The van der Waals surface area contributed by atoms with Gasteiger partial charge in [-0.25, -0.2) is 4.98 Å². The molecule has 0 aromatic carbocycles. The van der Waals surface area contributed by atoms with E-state index in [2.05, 4.69) is 9.97 Å². The van der Waals surface area contributed by atoms with Gasteiger partial charge in [-0.2, -0.15) is 4.98 Å². The van der Waals surface area contributed by atoms with Crippen molar-refractivity contribution >= 4 is 40.4 Å². The Balaban J connectivity index is 2.32. The lowest BCUT2D eigenvalue weighted by Crippen LogP contribution is -2.24. The molecule has 0 radical (unpaired) electrons. The fourth-order valence-corrected chi connectivity index (χ4v) is 2.37. The van der Waals surface area contributed by atoms with Crippen LogP contribution >= 0.6 is 11.6 Å². The van der Waals surface area contributed by atoms with Gasteiger partial charge in [0.1, 0.15) is 12.1 Å². The van der Waals surface area contributed by atoms with Crippen LogP contribution < -0.4 is 4.90 Å². The van der Waals surface area contributed by atoms with E-state index in [0.717, 1.165) is 0 Å². The maximum atomic E-state index is 11.5. The molecule has 23 heavy (non-hydrogen) atoms. The molecule has 0 saturated carbocycles. The molecule has 0 amide bonds. The minimum absolute atomic E-state index is 0.0589. The zero-order valence-corrected chi connectivity index (χ0v) is 13.6. The van der Waals surface area contributed by atoms with Crippen molar-refractivity contribution in [3.63, 3.8) is 0 Å². The molecule has 124 valence electrons. The molecule has 0 bridgehead atoms. The standard InChI is InChI=1S/C14H17ClN4O4/c1-3-23-11(22)5-6-18(2)13-12-9(16-14(15)17-13)4-7-19(12)8-10(20)21/h4,7H,3,5-6,8H2,1-2H3,(H,20,21). The first-order valence-electron chi connectivity index (χ1n) is 7.03. The van der Waals surface area contributed by atoms with Gasteiger partial charge in [0.15, 0.2) is 5.82 Å². The molecule has 0 aliphatic rings. The minimum atomic E-state index is -0.974. The van der Waals surface area contributed by atoms with Gasteiger partial charge >= 0.3 is 11.9 Å². The highest BCUT2D eigenvalue weighted by Crippen LogP contribution is 2.26. The predicted octanol–water partition coefficient (Wildman–Crippen LogP) is 1.56. The molecular weight excluding hydrogens is 324 g/mol. The molecule has 0 saturated heterocycles. The van der Waals surface area contributed by atoms with Crippen molar-refractivity contribution in [2.45, 2.75) is 19.9 Å². The van der Waals surface area contributed by atoms with Crippen molar-refractivity contribution in [1.29, 1.82) is 0 Å². The molecule has 9 heteroatoms. The first-order valence-corrected chi connectivity index (χ1v) is 7.41. The molecule has 0 fully saturated rings. The number of halogens is 1. The third kappa shape index (κ3) is 4.10. The quantitative estimate of drug-likeness (QED) is 0.603. The second-order valence-electron chi connectivity index (χ2n) is 4.86. The molecule has 0 unspecified atom stereocenters. The van der Waals surface area contributed by atoms with E-state index >= 15 is 0 Å². The van der Waals surface area contributed by atoms with Crippen LogP contribution in [0.25, 0.3) is 11.0 Å². The summed E-state index contributed by atoms with van der Waals surface area (Å²) in [7, 11) is 1.75. The monoisotopic (exact) mass is 340 g/mol. The lowest BCUT2D eigenvalue weighted by molar-refractivity contribution is -0.143. The topological polar surface area (TPSA) is 97.5 Å². The van der Waals surface area contributed by atoms with Crippen LogP contribution in [-0.2, 0) is 20.9 Å². The number of hydrogen-bond acceptors (Lipinski definition) is 6.